The standard InChI is InChI=1S/C16H26N2O/c1-4-13-5-7-14(8-6-13)16(17)12(2)18-10-9-15(11-18)19-3/h5-8,12,15-16H,4,9-11,17H2,1-3H3. The Bertz CT molecular complexity index is 390. The minimum atomic E-state index is 0.0708. The van der Waals surface area contributed by atoms with E-state index in [1.807, 2.05) is 0 Å². The van der Waals surface area contributed by atoms with Gasteiger partial charge in [0.1, 0.15) is 0 Å². The van der Waals surface area contributed by atoms with Gasteiger partial charge in [0.05, 0.1) is 6.10 Å². The summed E-state index contributed by atoms with van der Waals surface area (Å²) in [5.74, 6) is 0. The van der Waals surface area contributed by atoms with E-state index in [1.165, 1.54) is 11.1 Å². The van der Waals surface area contributed by atoms with Crippen LogP contribution in [0.25, 0.3) is 0 Å². The first-order chi connectivity index (χ1) is 9.15. The zero-order valence-corrected chi connectivity index (χ0v) is 12.3. The van der Waals surface area contributed by atoms with Crippen molar-refractivity contribution in [2.75, 3.05) is 20.2 Å². The lowest BCUT2D eigenvalue weighted by molar-refractivity contribution is 0.0996. The van der Waals surface area contributed by atoms with Gasteiger partial charge in [-0.2, -0.15) is 0 Å². The number of hydrogen-bond acceptors (Lipinski definition) is 3. The molecule has 0 spiro atoms. The van der Waals surface area contributed by atoms with E-state index in [0.717, 1.165) is 25.9 Å². The minimum Gasteiger partial charge on any atom is -0.380 e. The monoisotopic (exact) mass is 262 g/mol. The van der Waals surface area contributed by atoms with Crippen LogP contribution in [0.15, 0.2) is 24.3 Å². The van der Waals surface area contributed by atoms with Crippen molar-refractivity contribution in [1.82, 2.24) is 4.90 Å². The Morgan fingerprint density at radius 2 is 2.05 bits per heavy atom. The number of nitrogens with zero attached hydrogens (tertiary/aromatic N) is 1. The molecule has 3 unspecified atom stereocenters. The molecule has 1 aromatic carbocycles. The number of benzene rings is 1. The largest absolute Gasteiger partial charge is 0.380 e. The summed E-state index contributed by atoms with van der Waals surface area (Å²) in [5, 5.41) is 0. The van der Waals surface area contributed by atoms with Crippen molar-refractivity contribution in [1.29, 1.82) is 0 Å². The molecule has 0 aliphatic carbocycles. The predicted octanol–water partition coefficient (Wildman–Crippen LogP) is 2.36. The van der Waals surface area contributed by atoms with Gasteiger partial charge in [-0.05, 0) is 30.9 Å². The molecule has 0 aromatic heterocycles. The Morgan fingerprint density at radius 3 is 2.58 bits per heavy atom. The molecule has 1 aromatic rings. The zero-order valence-electron chi connectivity index (χ0n) is 12.3. The van der Waals surface area contributed by atoms with Crippen LogP contribution >= 0.6 is 0 Å². The van der Waals surface area contributed by atoms with Crippen molar-refractivity contribution in [3.63, 3.8) is 0 Å². The molecule has 3 atom stereocenters. The number of aryl methyl sites for hydroxylation is 1. The summed E-state index contributed by atoms with van der Waals surface area (Å²) >= 11 is 0. The van der Waals surface area contributed by atoms with E-state index >= 15 is 0 Å². The highest BCUT2D eigenvalue weighted by Crippen LogP contribution is 2.23. The van der Waals surface area contributed by atoms with E-state index in [1.54, 1.807) is 7.11 Å². The van der Waals surface area contributed by atoms with Crippen molar-refractivity contribution in [2.45, 2.75) is 44.9 Å². The number of ether oxygens (including phenoxy) is 1. The third-order valence-corrected chi connectivity index (χ3v) is 4.38. The van der Waals surface area contributed by atoms with Gasteiger partial charge in [-0.15, -0.1) is 0 Å². The second-order valence-corrected chi connectivity index (χ2v) is 5.50. The smallest absolute Gasteiger partial charge is 0.0710 e. The van der Waals surface area contributed by atoms with Crippen molar-refractivity contribution < 1.29 is 4.74 Å². The lowest BCUT2D eigenvalue weighted by atomic mass is 9.99. The number of hydrogen-bond donors (Lipinski definition) is 1. The van der Waals surface area contributed by atoms with Crippen LogP contribution in [0, 0.1) is 0 Å². The number of likely N-dealkylation sites (tertiary alicyclic amines) is 1. The number of nitrogens with two attached hydrogens (primary N) is 1. The van der Waals surface area contributed by atoms with Crippen LogP contribution < -0.4 is 5.73 Å². The van der Waals surface area contributed by atoms with Gasteiger partial charge < -0.3 is 10.5 Å². The molecule has 2 rings (SSSR count). The molecule has 1 saturated heterocycles. The molecule has 1 heterocycles. The van der Waals surface area contributed by atoms with E-state index in [-0.39, 0.29) is 6.04 Å². The van der Waals surface area contributed by atoms with Crippen LogP contribution in [0.5, 0.6) is 0 Å². The van der Waals surface area contributed by atoms with Crippen LogP contribution in [0.3, 0.4) is 0 Å². The van der Waals surface area contributed by atoms with Gasteiger partial charge in [0.2, 0.25) is 0 Å². The van der Waals surface area contributed by atoms with E-state index in [4.69, 9.17) is 10.5 Å². The van der Waals surface area contributed by atoms with Crippen molar-refractivity contribution in [3.05, 3.63) is 35.4 Å². The van der Waals surface area contributed by atoms with Crippen LogP contribution in [0.2, 0.25) is 0 Å². The fourth-order valence-corrected chi connectivity index (χ4v) is 2.80. The topological polar surface area (TPSA) is 38.5 Å². The van der Waals surface area contributed by atoms with Gasteiger partial charge in [0, 0.05) is 32.3 Å². The Kier molecular flexibility index (Phi) is 4.97. The quantitative estimate of drug-likeness (QED) is 0.885. The summed E-state index contributed by atoms with van der Waals surface area (Å²) in [7, 11) is 1.79. The molecule has 1 fully saturated rings. The summed E-state index contributed by atoms with van der Waals surface area (Å²) in [6.07, 6.45) is 2.56. The van der Waals surface area contributed by atoms with E-state index in [0.29, 0.717) is 12.1 Å². The summed E-state index contributed by atoms with van der Waals surface area (Å²) in [5.41, 5.74) is 9.01. The number of rotatable bonds is 5. The third kappa shape index (κ3) is 3.35. The van der Waals surface area contributed by atoms with E-state index in [9.17, 15) is 0 Å². The van der Waals surface area contributed by atoms with E-state index in [2.05, 4.69) is 43.0 Å². The highest BCUT2D eigenvalue weighted by atomic mass is 16.5. The van der Waals surface area contributed by atoms with Gasteiger partial charge in [0.15, 0.2) is 0 Å². The van der Waals surface area contributed by atoms with E-state index < -0.39 is 0 Å². The third-order valence-electron chi connectivity index (χ3n) is 4.38. The molecule has 3 heteroatoms. The summed E-state index contributed by atoms with van der Waals surface area (Å²) < 4.78 is 5.42. The first kappa shape index (κ1) is 14.5. The fraction of sp³-hybridized carbons (Fsp3) is 0.625. The first-order valence-electron chi connectivity index (χ1n) is 7.27. The van der Waals surface area contributed by atoms with Gasteiger partial charge >= 0.3 is 0 Å². The summed E-state index contributed by atoms with van der Waals surface area (Å²) in [4.78, 5) is 2.44. The van der Waals surface area contributed by atoms with Crippen molar-refractivity contribution in [2.24, 2.45) is 5.73 Å². The van der Waals surface area contributed by atoms with Crippen LogP contribution in [-0.4, -0.2) is 37.2 Å². The maximum absolute atomic E-state index is 6.41. The second-order valence-electron chi connectivity index (χ2n) is 5.50. The molecule has 0 radical (unpaired) electrons. The Labute approximate surface area is 116 Å². The van der Waals surface area contributed by atoms with Gasteiger partial charge in [0.25, 0.3) is 0 Å². The highest BCUT2D eigenvalue weighted by molar-refractivity contribution is 5.25. The SMILES string of the molecule is CCc1ccc(C(N)C(C)N2CCC(OC)C2)cc1. The van der Waals surface area contributed by atoms with Crippen LogP contribution in [0.4, 0.5) is 0 Å². The lowest BCUT2D eigenvalue weighted by Gasteiger charge is -2.29. The Balaban J connectivity index is 1.99. The number of methoxy groups -OCH3 is 1. The normalized spacial score (nSPS) is 23.5. The van der Waals surface area contributed by atoms with Crippen LogP contribution in [-0.2, 0) is 11.2 Å². The Morgan fingerprint density at radius 1 is 1.37 bits per heavy atom. The molecule has 3 nitrogen and oxygen atoms in total. The van der Waals surface area contributed by atoms with Crippen LogP contribution in [0.1, 0.15) is 37.4 Å². The first-order valence-corrected chi connectivity index (χ1v) is 7.27. The average molecular weight is 262 g/mol. The summed E-state index contributed by atoms with van der Waals surface area (Å²) in [6.45, 7) is 6.47. The van der Waals surface area contributed by atoms with Crippen molar-refractivity contribution in [3.8, 4) is 0 Å². The summed E-state index contributed by atoms with van der Waals surface area (Å²) in [6, 6.07) is 9.13. The zero-order chi connectivity index (χ0) is 13.8. The molecule has 0 bridgehead atoms. The molecule has 0 amide bonds. The maximum Gasteiger partial charge on any atom is 0.0710 e. The molecule has 106 valence electrons. The Hall–Kier alpha value is -0.900. The van der Waals surface area contributed by atoms with Gasteiger partial charge in [-0.25, -0.2) is 0 Å². The molecular weight excluding hydrogens is 236 g/mol. The molecule has 19 heavy (non-hydrogen) atoms. The molecule has 2 N–H and O–H groups in total. The molecular formula is C16H26N2O. The fourth-order valence-electron chi connectivity index (χ4n) is 2.80. The second kappa shape index (κ2) is 6.51. The minimum absolute atomic E-state index is 0.0708. The lowest BCUT2D eigenvalue weighted by Crippen LogP contribution is -2.40. The molecule has 1 aliphatic heterocycles. The molecule has 1 aliphatic rings. The van der Waals surface area contributed by atoms with Crippen molar-refractivity contribution >= 4 is 0 Å². The predicted molar refractivity (Wildman–Crippen MR) is 79.2 cm³/mol. The molecule has 0 saturated carbocycles. The van der Waals surface area contributed by atoms with Gasteiger partial charge in [-0.1, -0.05) is 31.2 Å². The highest BCUT2D eigenvalue weighted by Gasteiger charge is 2.29. The average Bonchev–Trinajstić information content (AvgIpc) is 2.94. The van der Waals surface area contributed by atoms with Gasteiger partial charge in [-0.3, -0.25) is 4.90 Å². The maximum atomic E-state index is 6.41.